The second kappa shape index (κ2) is 2.40. The van der Waals surface area contributed by atoms with Crippen LogP contribution in [-0.4, -0.2) is 5.28 Å². The molecule has 0 aromatic rings. The third-order valence-electron chi connectivity index (χ3n) is 1.10. The predicted molar refractivity (Wildman–Crippen MR) is 42.7 cm³/mol. The molecule has 0 bridgehead atoms. The summed E-state index contributed by atoms with van der Waals surface area (Å²) in [7, 11) is 2.71. The first-order valence-corrected chi connectivity index (χ1v) is 3.44. The van der Waals surface area contributed by atoms with Gasteiger partial charge in [0.1, 0.15) is 0 Å². The van der Waals surface area contributed by atoms with E-state index < -0.39 is 0 Å². The molecule has 0 aromatic heterocycles. The maximum Gasteiger partial charge on any atom is 0.0676 e. The summed E-state index contributed by atoms with van der Waals surface area (Å²) < 4.78 is 0. The molecule has 1 aliphatic rings. The lowest BCUT2D eigenvalue weighted by Crippen LogP contribution is -2.28. The van der Waals surface area contributed by atoms with Gasteiger partial charge >= 0.3 is 0 Å². The van der Waals surface area contributed by atoms with Crippen LogP contribution in [0.4, 0.5) is 0 Å². The molecule has 0 amide bonds. The fourth-order valence-electron chi connectivity index (χ4n) is 0.594. The minimum absolute atomic E-state index is 0. The van der Waals surface area contributed by atoms with Crippen LogP contribution < -0.4 is 10.6 Å². The first-order chi connectivity index (χ1) is 4.21. The van der Waals surface area contributed by atoms with E-state index in [9.17, 15) is 0 Å². The molecule has 0 saturated carbocycles. The summed E-state index contributed by atoms with van der Waals surface area (Å²) >= 11 is 0. The number of rotatable bonds is 0. The molecule has 1 aliphatic heterocycles. The Hall–Kier alpha value is -0.490. The van der Waals surface area contributed by atoms with Crippen LogP contribution in [0.15, 0.2) is 24.7 Å². The van der Waals surface area contributed by atoms with Crippen LogP contribution in [0.25, 0.3) is 0 Å². The summed E-state index contributed by atoms with van der Waals surface area (Å²) in [6.45, 7) is 2.07. The molecule has 0 aromatic carbocycles. The van der Waals surface area contributed by atoms with Gasteiger partial charge in [0.2, 0.25) is 0 Å². The summed E-state index contributed by atoms with van der Waals surface area (Å²) in [4.78, 5) is 0. The lowest BCUT2D eigenvalue weighted by molar-refractivity contribution is 0.710. The van der Waals surface area contributed by atoms with Gasteiger partial charge in [-0.25, -0.2) is 0 Å². The molecule has 1 rings (SSSR count). The van der Waals surface area contributed by atoms with E-state index in [-0.39, 0.29) is 5.28 Å². The van der Waals surface area contributed by atoms with Crippen molar-refractivity contribution in [2.45, 2.75) is 12.2 Å². The lowest BCUT2D eigenvalue weighted by atomic mass is 10.3. The molecule has 3 heteroatoms. The van der Waals surface area contributed by atoms with Crippen LogP contribution in [0.5, 0.6) is 0 Å². The zero-order chi connectivity index (χ0) is 6.74. The topological polar surface area (TPSA) is 24.1 Å². The molecule has 0 fully saturated rings. The molecule has 2 nitrogen and oxygen atoms in total. The first-order valence-electron chi connectivity index (χ1n) is 2.86. The van der Waals surface area contributed by atoms with Gasteiger partial charge in [0, 0.05) is 12.4 Å². The average Bonchev–Trinajstić information content (AvgIpc) is 1.92. The molecule has 2 atom stereocenters. The van der Waals surface area contributed by atoms with Crippen molar-refractivity contribution in [3.63, 3.8) is 0 Å². The van der Waals surface area contributed by atoms with Gasteiger partial charge in [-0.2, -0.15) is 0 Å². The number of hydrogen-bond acceptors (Lipinski definition) is 2. The molecule has 0 aliphatic carbocycles. The van der Waals surface area contributed by atoms with Crippen LogP contribution in [-0.2, 0) is 0 Å². The average molecular weight is 142 g/mol. The van der Waals surface area contributed by atoms with Gasteiger partial charge in [-0.05, 0) is 19.2 Å². The van der Waals surface area contributed by atoms with Gasteiger partial charge < -0.3 is 10.6 Å². The van der Waals surface area contributed by atoms with Crippen LogP contribution in [0.1, 0.15) is 6.92 Å². The summed E-state index contributed by atoms with van der Waals surface area (Å²) in [6.07, 6.45) is 7.68. The van der Waals surface area contributed by atoms with Gasteiger partial charge in [-0.15, -0.1) is 9.24 Å². The van der Waals surface area contributed by atoms with Crippen LogP contribution in [0, 0.1) is 0 Å². The summed E-state index contributed by atoms with van der Waals surface area (Å²) in [5.74, 6) is 0. The van der Waals surface area contributed by atoms with Gasteiger partial charge in [-0.1, -0.05) is 0 Å². The van der Waals surface area contributed by atoms with Crippen molar-refractivity contribution >= 4 is 9.24 Å². The van der Waals surface area contributed by atoms with E-state index in [0.29, 0.717) is 0 Å². The maximum absolute atomic E-state index is 3.15. The second-order valence-corrected chi connectivity index (χ2v) is 3.46. The maximum atomic E-state index is 3.15. The van der Waals surface area contributed by atoms with Gasteiger partial charge in [0.05, 0.1) is 5.28 Å². The lowest BCUT2D eigenvalue weighted by Gasteiger charge is -2.18. The highest BCUT2D eigenvalue weighted by molar-refractivity contribution is 7.19. The molecule has 1 heterocycles. The minimum Gasteiger partial charge on any atom is -0.378 e. The highest BCUT2D eigenvalue weighted by Crippen LogP contribution is 2.15. The Balaban J connectivity index is 2.66. The molecule has 0 radical (unpaired) electrons. The van der Waals surface area contributed by atoms with Crippen molar-refractivity contribution in [3.8, 4) is 0 Å². The first kappa shape index (κ1) is 6.63. The van der Waals surface area contributed by atoms with E-state index in [1.54, 1.807) is 0 Å². The fraction of sp³-hybridized carbons (Fsp3) is 0.333. The molecule has 9 heavy (non-hydrogen) atoms. The van der Waals surface area contributed by atoms with Gasteiger partial charge in [0.25, 0.3) is 0 Å². The summed E-state index contributed by atoms with van der Waals surface area (Å²) in [6, 6.07) is 0. The highest BCUT2D eigenvalue weighted by atomic mass is 31.0. The molecule has 50 valence electrons. The summed E-state index contributed by atoms with van der Waals surface area (Å²) in [5.41, 5.74) is 0. The van der Waals surface area contributed by atoms with Crippen LogP contribution in [0.3, 0.4) is 0 Å². The summed E-state index contributed by atoms with van der Waals surface area (Å²) in [5, 5.41) is 6.12. The third-order valence-corrected chi connectivity index (χ3v) is 1.46. The van der Waals surface area contributed by atoms with Crippen LogP contribution >= 0.6 is 9.24 Å². The Morgan fingerprint density at radius 3 is 2.89 bits per heavy atom. The standard InChI is InChI=1S/C6H11N2P/c1-6(9)2-3-7-4-5-8-6/h2-5,7-8H,9H2,1H3. The smallest absolute Gasteiger partial charge is 0.0676 e. The third kappa shape index (κ3) is 2.06. The van der Waals surface area contributed by atoms with Crippen molar-refractivity contribution in [1.82, 2.24) is 10.6 Å². The molecular weight excluding hydrogens is 131 g/mol. The second-order valence-electron chi connectivity index (χ2n) is 2.26. The minimum atomic E-state index is 0. The Bertz CT molecular complexity index is 149. The monoisotopic (exact) mass is 142 g/mol. The molecule has 2 unspecified atom stereocenters. The SMILES string of the molecule is CC1(P)C=CNC=CN1. The normalized spacial score (nSPS) is 32.7. The van der Waals surface area contributed by atoms with Crippen LogP contribution in [0.2, 0.25) is 0 Å². The van der Waals surface area contributed by atoms with E-state index in [0.717, 1.165) is 0 Å². The molecule has 0 saturated heterocycles. The van der Waals surface area contributed by atoms with Gasteiger partial charge in [0.15, 0.2) is 0 Å². The van der Waals surface area contributed by atoms with Gasteiger partial charge in [-0.3, -0.25) is 0 Å². The Morgan fingerprint density at radius 1 is 1.33 bits per heavy atom. The fourth-order valence-corrected chi connectivity index (χ4v) is 0.787. The highest BCUT2D eigenvalue weighted by Gasteiger charge is 2.10. The van der Waals surface area contributed by atoms with Crippen molar-refractivity contribution in [2.24, 2.45) is 0 Å². The van der Waals surface area contributed by atoms with Crippen molar-refractivity contribution in [3.05, 3.63) is 24.7 Å². The van der Waals surface area contributed by atoms with E-state index in [2.05, 4.69) is 26.8 Å². The van der Waals surface area contributed by atoms with Crippen molar-refractivity contribution in [1.29, 1.82) is 0 Å². The van der Waals surface area contributed by atoms with E-state index in [4.69, 9.17) is 0 Å². The Kier molecular flexibility index (Phi) is 1.77. The molecule has 2 N–H and O–H groups in total. The Morgan fingerprint density at radius 2 is 2.11 bits per heavy atom. The molecule has 0 spiro atoms. The molecular formula is C6H11N2P. The predicted octanol–water partition coefficient (Wildman–Crippen LogP) is 0.755. The number of hydrogen-bond donors (Lipinski definition) is 2. The van der Waals surface area contributed by atoms with E-state index in [1.165, 1.54) is 0 Å². The zero-order valence-electron chi connectivity index (χ0n) is 5.39. The van der Waals surface area contributed by atoms with Crippen molar-refractivity contribution in [2.75, 3.05) is 0 Å². The zero-order valence-corrected chi connectivity index (χ0v) is 6.54. The van der Waals surface area contributed by atoms with E-state index >= 15 is 0 Å². The number of nitrogens with one attached hydrogen (secondary N) is 2. The largest absolute Gasteiger partial charge is 0.378 e. The van der Waals surface area contributed by atoms with E-state index in [1.807, 2.05) is 24.7 Å². The quantitative estimate of drug-likeness (QED) is 0.488. The Labute approximate surface area is 57.6 Å². The van der Waals surface area contributed by atoms with Crippen molar-refractivity contribution < 1.29 is 0 Å².